The summed E-state index contributed by atoms with van der Waals surface area (Å²) in [4.78, 5) is 32.5. The summed E-state index contributed by atoms with van der Waals surface area (Å²) in [6.07, 6.45) is 1.96. The Morgan fingerprint density at radius 2 is 1.93 bits per heavy atom. The van der Waals surface area contributed by atoms with Crippen LogP contribution in [0.3, 0.4) is 0 Å². The molecule has 1 saturated heterocycles. The number of amides is 2. The van der Waals surface area contributed by atoms with Gasteiger partial charge >= 0.3 is 0 Å². The van der Waals surface area contributed by atoms with Gasteiger partial charge in [0.15, 0.2) is 0 Å². The Balaban J connectivity index is 1.36. The Morgan fingerprint density at radius 1 is 1.21 bits per heavy atom. The van der Waals surface area contributed by atoms with Crippen LogP contribution in [0, 0.1) is 19.8 Å². The van der Waals surface area contributed by atoms with Crippen LogP contribution in [0.15, 0.2) is 36.5 Å². The van der Waals surface area contributed by atoms with E-state index in [1.807, 2.05) is 51.2 Å². The van der Waals surface area contributed by atoms with E-state index in [0.717, 1.165) is 32.5 Å². The first-order valence-electron chi connectivity index (χ1n) is 9.51. The van der Waals surface area contributed by atoms with Crippen LogP contribution in [0.25, 0.3) is 11.3 Å². The van der Waals surface area contributed by atoms with Crippen molar-refractivity contribution >= 4 is 28.8 Å². The van der Waals surface area contributed by atoms with Crippen LogP contribution in [0.1, 0.15) is 15.6 Å². The second-order valence-electron chi connectivity index (χ2n) is 7.30. The lowest BCUT2D eigenvalue weighted by Gasteiger charge is -2.38. The van der Waals surface area contributed by atoms with E-state index in [0.29, 0.717) is 19.5 Å². The van der Waals surface area contributed by atoms with E-state index in [-0.39, 0.29) is 17.7 Å². The third-order valence-corrected chi connectivity index (χ3v) is 6.23. The molecule has 3 heterocycles. The minimum absolute atomic E-state index is 0.0347. The van der Waals surface area contributed by atoms with Crippen LogP contribution in [0.5, 0.6) is 0 Å². The molecule has 29 heavy (non-hydrogen) atoms. The van der Waals surface area contributed by atoms with Crippen molar-refractivity contribution in [2.75, 3.05) is 18.4 Å². The number of nitrogens with one attached hydrogen (secondary N) is 1. The highest BCUT2D eigenvalue weighted by atomic mass is 32.1. The number of aryl methyl sites for hydroxylation is 2. The number of carbonyl (C=O) groups is 2. The minimum atomic E-state index is -0.185. The number of hydrogen-bond donors (Lipinski definition) is 1. The lowest BCUT2D eigenvalue weighted by molar-refractivity contribution is -0.140. The van der Waals surface area contributed by atoms with Gasteiger partial charge in [-0.1, -0.05) is 30.3 Å². The van der Waals surface area contributed by atoms with E-state index in [4.69, 9.17) is 0 Å². The van der Waals surface area contributed by atoms with Crippen LogP contribution in [0.2, 0.25) is 0 Å². The summed E-state index contributed by atoms with van der Waals surface area (Å²) in [7, 11) is 1.83. The molecule has 1 aromatic carbocycles. The first kappa shape index (κ1) is 19.3. The summed E-state index contributed by atoms with van der Waals surface area (Å²) >= 11 is 1.56. The molecule has 0 radical (unpaired) electrons. The van der Waals surface area contributed by atoms with Gasteiger partial charge in [0, 0.05) is 30.6 Å². The van der Waals surface area contributed by atoms with Crippen LogP contribution < -0.4 is 5.32 Å². The number of aromatic nitrogens is 3. The second kappa shape index (κ2) is 7.79. The maximum absolute atomic E-state index is 12.7. The summed E-state index contributed by atoms with van der Waals surface area (Å²) in [5, 5.41) is 7.98. The average Bonchev–Trinajstić information content (AvgIpc) is 3.18. The number of benzene rings is 1. The van der Waals surface area contributed by atoms with E-state index >= 15 is 0 Å². The molecule has 150 valence electrons. The summed E-state index contributed by atoms with van der Waals surface area (Å²) < 4.78 is 1.72. The summed E-state index contributed by atoms with van der Waals surface area (Å²) in [6, 6.07) is 9.92. The van der Waals surface area contributed by atoms with E-state index in [9.17, 15) is 9.59 Å². The summed E-state index contributed by atoms with van der Waals surface area (Å²) in [5.74, 6) is -0.216. The van der Waals surface area contributed by atoms with Gasteiger partial charge < -0.3 is 10.2 Å². The number of anilines is 1. The predicted molar refractivity (Wildman–Crippen MR) is 113 cm³/mol. The second-order valence-corrected chi connectivity index (χ2v) is 8.59. The quantitative estimate of drug-likeness (QED) is 0.703. The number of carbonyl (C=O) groups excluding carboxylic acids is 2. The zero-order valence-electron chi connectivity index (χ0n) is 16.7. The molecular formula is C21H23N5O2S. The van der Waals surface area contributed by atoms with Gasteiger partial charge in [-0.15, -0.1) is 11.3 Å². The highest BCUT2D eigenvalue weighted by Gasteiger charge is 2.36. The number of rotatable bonds is 5. The molecule has 2 aromatic heterocycles. The molecule has 3 aromatic rings. The Bertz CT molecular complexity index is 1050. The first-order chi connectivity index (χ1) is 13.9. The molecule has 0 atom stereocenters. The number of nitrogens with zero attached hydrogens (tertiary/aromatic N) is 4. The maximum atomic E-state index is 12.7. The highest BCUT2D eigenvalue weighted by molar-refractivity contribution is 7.12. The smallest absolute Gasteiger partial charge is 0.231 e. The molecule has 8 heteroatoms. The first-order valence-corrected chi connectivity index (χ1v) is 10.3. The molecule has 0 aliphatic carbocycles. The zero-order valence-corrected chi connectivity index (χ0v) is 17.5. The molecule has 0 unspecified atom stereocenters. The lowest BCUT2D eigenvalue weighted by atomic mass is 9.98. The van der Waals surface area contributed by atoms with E-state index in [2.05, 4.69) is 15.4 Å². The number of thiazole rings is 1. The fraction of sp³-hybridized carbons (Fsp3) is 0.333. The molecule has 1 N–H and O–H groups in total. The Morgan fingerprint density at radius 3 is 2.59 bits per heavy atom. The summed E-state index contributed by atoms with van der Waals surface area (Å²) in [6.45, 7) is 4.75. The van der Waals surface area contributed by atoms with Crippen molar-refractivity contribution in [3.8, 4) is 11.3 Å². The lowest BCUT2D eigenvalue weighted by Crippen LogP contribution is -2.54. The standard InChI is InChI=1S/C21H23N5O2S/c1-13-17(10-22-25(13)3)24-21(28)16-11-26(12-16)19(27)9-18-20(23-14(2)29-18)15-7-5-4-6-8-15/h4-8,10,16H,9,11-12H2,1-3H3,(H,24,28). The van der Waals surface area contributed by atoms with Gasteiger partial charge in [0.25, 0.3) is 0 Å². The molecule has 1 aliphatic heterocycles. The molecule has 0 spiro atoms. The minimum Gasteiger partial charge on any atom is -0.341 e. The number of likely N-dealkylation sites (tertiary alicyclic amines) is 1. The fourth-order valence-electron chi connectivity index (χ4n) is 3.36. The van der Waals surface area contributed by atoms with Gasteiger partial charge in [-0.05, 0) is 13.8 Å². The molecule has 0 bridgehead atoms. The van der Waals surface area contributed by atoms with Crippen molar-refractivity contribution in [3.63, 3.8) is 0 Å². The number of hydrogen-bond acceptors (Lipinski definition) is 5. The maximum Gasteiger partial charge on any atom is 0.231 e. The van der Waals surface area contributed by atoms with Gasteiger partial charge in [-0.3, -0.25) is 14.3 Å². The van der Waals surface area contributed by atoms with Crippen molar-refractivity contribution in [1.29, 1.82) is 0 Å². The van der Waals surface area contributed by atoms with Crippen LogP contribution >= 0.6 is 11.3 Å². The Hall–Kier alpha value is -3.00. The fourth-order valence-corrected chi connectivity index (χ4v) is 4.31. The van der Waals surface area contributed by atoms with Crippen LogP contribution in [-0.2, 0) is 23.1 Å². The Labute approximate surface area is 173 Å². The van der Waals surface area contributed by atoms with Gasteiger partial charge in [-0.25, -0.2) is 4.98 Å². The Kier molecular flexibility index (Phi) is 5.19. The van der Waals surface area contributed by atoms with Crippen molar-refractivity contribution in [1.82, 2.24) is 19.7 Å². The zero-order chi connectivity index (χ0) is 20.5. The monoisotopic (exact) mass is 409 g/mol. The topological polar surface area (TPSA) is 80.1 Å². The van der Waals surface area contributed by atoms with Crippen molar-refractivity contribution in [3.05, 3.63) is 52.1 Å². The summed E-state index contributed by atoms with van der Waals surface area (Å²) in [5.41, 5.74) is 3.52. The normalized spacial score (nSPS) is 14.0. The molecular weight excluding hydrogens is 386 g/mol. The van der Waals surface area contributed by atoms with E-state index in [1.165, 1.54) is 0 Å². The molecule has 0 saturated carbocycles. The molecule has 1 aliphatic rings. The van der Waals surface area contributed by atoms with Gasteiger partial charge in [0.1, 0.15) is 0 Å². The van der Waals surface area contributed by atoms with E-state index in [1.54, 1.807) is 27.1 Å². The highest BCUT2D eigenvalue weighted by Crippen LogP contribution is 2.29. The van der Waals surface area contributed by atoms with Gasteiger partial charge in [0.2, 0.25) is 11.8 Å². The molecule has 7 nitrogen and oxygen atoms in total. The third-order valence-electron chi connectivity index (χ3n) is 5.26. The largest absolute Gasteiger partial charge is 0.341 e. The van der Waals surface area contributed by atoms with Crippen molar-refractivity contribution in [2.24, 2.45) is 13.0 Å². The van der Waals surface area contributed by atoms with Gasteiger partial charge in [-0.2, -0.15) is 5.10 Å². The van der Waals surface area contributed by atoms with Crippen molar-refractivity contribution < 1.29 is 9.59 Å². The van der Waals surface area contributed by atoms with Gasteiger partial charge in [0.05, 0.1) is 40.6 Å². The molecule has 1 fully saturated rings. The average molecular weight is 410 g/mol. The predicted octanol–water partition coefficient (Wildman–Crippen LogP) is 2.80. The third kappa shape index (κ3) is 3.93. The van der Waals surface area contributed by atoms with Crippen LogP contribution in [-0.4, -0.2) is 44.6 Å². The van der Waals surface area contributed by atoms with Crippen LogP contribution in [0.4, 0.5) is 5.69 Å². The molecule has 4 rings (SSSR count). The van der Waals surface area contributed by atoms with E-state index < -0.39 is 0 Å². The SMILES string of the molecule is Cc1nc(-c2ccccc2)c(CC(=O)N2CC(C(=O)Nc3cnn(C)c3C)C2)s1. The van der Waals surface area contributed by atoms with Crippen molar-refractivity contribution in [2.45, 2.75) is 20.3 Å². The molecule has 2 amide bonds.